The molecule has 4 atom stereocenters. The van der Waals surface area contributed by atoms with Gasteiger partial charge in [-0.1, -0.05) is 27.7 Å². The lowest BCUT2D eigenvalue weighted by Gasteiger charge is -2.24. The predicted molar refractivity (Wildman–Crippen MR) is 92.0 cm³/mol. The van der Waals surface area contributed by atoms with Gasteiger partial charge in [-0.25, -0.2) is 0 Å². The van der Waals surface area contributed by atoms with Crippen molar-refractivity contribution in [2.24, 2.45) is 0 Å². The smallest absolute Gasteiger partial charge is 0.762 e. The molecule has 0 saturated carbocycles. The topological polar surface area (TPSA) is 6.25 Å². The van der Waals surface area contributed by atoms with Crippen LogP contribution >= 0.6 is 0 Å². The number of halogens is 4. The summed E-state index contributed by atoms with van der Waals surface area (Å²) in [5, 5.41) is 0. The lowest BCUT2D eigenvalue weighted by molar-refractivity contribution is -0.579. The maximum atomic E-state index is 9.67. The van der Waals surface area contributed by atoms with Gasteiger partial charge in [0.1, 0.15) is 0 Å². The van der Waals surface area contributed by atoms with E-state index in [1.165, 1.54) is 51.4 Å². The van der Waals surface area contributed by atoms with Gasteiger partial charge in [0.2, 0.25) is 6.34 Å². The molecular formula is C17H33BF4N2. The van der Waals surface area contributed by atoms with Crippen LogP contribution in [0.4, 0.5) is 12.9 Å². The van der Waals surface area contributed by atoms with Crippen LogP contribution in [0.5, 0.6) is 0 Å². The lowest BCUT2D eigenvalue weighted by Crippen LogP contribution is -3.00. The lowest BCUT2D eigenvalue weighted by atomic mass is 10.1. The first kappa shape index (κ1) is 23.3. The van der Waals surface area contributed by atoms with Crippen LogP contribution < -0.4 is 4.70 Å². The second-order valence-electron chi connectivity index (χ2n) is 6.66. The third-order valence-electron chi connectivity index (χ3n) is 5.50. The second kappa shape index (κ2) is 11.7. The summed E-state index contributed by atoms with van der Waals surface area (Å²) in [6.07, 6.45) is 13.3. The van der Waals surface area contributed by atoms with E-state index in [9.17, 15) is 12.9 Å². The van der Waals surface area contributed by atoms with Gasteiger partial charge in [0, 0.05) is 0 Å². The Morgan fingerprint density at radius 3 is 1.50 bits per heavy atom. The Balaban J connectivity index is 0.000000954. The van der Waals surface area contributed by atoms with Crippen LogP contribution in [0.1, 0.15) is 79.1 Å². The predicted octanol–water partition coefficient (Wildman–Crippen LogP) is 1.92. The molecule has 0 aromatic carbocycles. The first-order valence-electron chi connectivity index (χ1n) is 9.30. The molecule has 0 aromatic heterocycles. The maximum absolute atomic E-state index is 9.67. The first-order valence-corrected chi connectivity index (χ1v) is 9.30. The molecule has 2 aliphatic rings. The number of rotatable bonds is 5. The maximum Gasteiger partial charge on any atom is 0.762 e. The van der Waals surface area contributed by atoms with Gasteiger partial charge in [0.25, 0.3) is 0 Å². The minimum Gasteiger partial charge on any atom is -1.00 e. The normalized spacial score (nSPS) is 29.0. The van der Waals surface area contributed by atoms with Gasteiger partial charge in [-0.15, -0.1) is 0 Å². The minimum atomic E-state index is -3.67. The van der Waals surface area contributed by atoms with Gasteiger partial charge in [0.15, 0.2) is 0 Å². The Labute approximate surface area is 145 Å². The van der Waals surface area contributed by atoms with Crippen molar-refractivity contribution >= 4 is 13.9 Å². The Morgan fingerprint density at radius 1 is 0.833 bits per heavy atom. The van der Waals surface area contributed by atoms with Crippen molar-refractivity contribution in [3.05, 3.63) is 0 Å². The van der Waals surface area contributed by atoms with E-state index < -0.39 is 7.54 Å². The summed E-state index contributed by atoms with van der Waals surface area (Å²) in [4.78, 5) is 2.72. The molecule has 0 N–H and O–H groups in total. The molecule has 2 fully saturated rings. The van der Waals surface area contributed by atoms with Crippen molar-refractivity contribution in [3.63, 3.8) is 0 Å². The number of likely N-dealkylation sites (tertiary alicyclic amines) is 1. The molecule has 0 unspecified atom stereocenters. The van der Waals surface area contributed by atoms with Gasteiger partial charge < -0.3 is 4.70 Å². The molecule has 142 valence electrons. The molecule has 24 heavy (non-hydrogen) atoms. The van der Waals surface area contributed by atoms with Crippen LogP contribution in [0.25, 0.3) is 0 Å². The van der Waals surface area contributed by atoms with E-state index in [0.717, 1.165) is 24.2 Å². The molecule has 7 heteroatoms. The SMILES string of the molecule is CC[C@H]1CC[C@H](CC)N1C=[N+]1[C@@H](CC)CC[C@@H]1CC.FB(F)F.[F-]. The van der Waals surface area contributed by atoms with Gasteiger partial charge in [-0.2, -0.15) is 0 Å². The average Bonchev–Trinajstić information content (AvgIpc) is 3.10. The summed E-state index contributed by atoms with van der Waals surface area (Å²) in [6.45, 7) is 9.40. The Bertz CT molecular complexity index is 340. The summed E-state index contributed by atoms with van der Waals surface area (Å²) < 4.78 is 31.7. The molecule has 2 nitrogen and oxygen atoms in total. The van der Waals surface area contributed by atoms with Gasteiger partial charge in [0.05, 0.1) is 24.2 Å². The van der Waals surface area contributed by atoms with Crippen molar-refractivity contribution in [1.29, 1.82) is 0 Å². The molecular weight excluding hydrogens is 319 g/mol. The Kier molecular flexibility index (Phi) is 11.4. The summed E-state index contributed by atoms with van der Waals surface area (Å²) in [5.41, 5.74) is 0. The van der Waals surface area contributed by atoms with E-state index >= 15 is 0 Å². The molecule has 0 amide bonds. The quantitative estimate of drug-likeness (QED) is 0.317. The van der Waals surface area contributed by atoms with Gasteiger partial charge in [-0.05, 0) is 51.4 Å². The summed E-state index contributed by atoms with van der Waals surface area (Å²) >= 11 is 0. The third-order valence-corrected chi connectivity index (χ3v) is 5.50. The molecule has 0 bridgehead atoms. The highest BCUT2D eigenvalue weighted by molar-refractivity contribution is 6.33. The van der Waals surface area contributed by atoms with E-state index in [1.807, 2.05) is 0 Å². The zero-order valence-corrected chi connectivity index (χ0v) is 15.5. The summed E-state index contributed by atoms with van der Waals surface area (Å²) in [5.74, 6) is 0. The molecule has 2 rings (SSSR count). The number of hydrogen-bond acceptors (Lipinski definition) is 0. The monoisotopic (exact) mass is 352 g/mol. The molecule has 2 aliphatic heterocycles. The second-order valence-corrected chi connectivity index (χ2v) is 6.66. The molecule has 0 spiro atoms. The fourth-order valence-corrected chi connectivity index (χ4v) is 4.15. The molecule has 0 aliphatic carbocycles. The molecule has 0 radical (unpaired) electrons. The van der Waals surface area contributed by atoms with Crippen molar-refractivity contribution in [2.75, 3.05) is 0 Å². The summed E-state index contributed by atoms with van der Waals surface area (Å²) in [7, 11) is -3.67. The third kappa shape index (κ3) is 6.28. The van der Waals surface area contributed by atoms with Crippen LogP contribution in [0.15, 0.2) is 0 Å². The van der Waals surface area contributed by atoms with Crippen LogP contribution in [-0.2, 0) is 0 Å². The van der Waals surface area contributed by atoms with E-state index in [0.29, 0.717) is 0 Å². The van der Waals surface area contributed by atoms with Crippen molar-refractivity contribution in [2.45, 2.75) is 103 Å². The van der Waals surface area contributed by atoms with Crippen molar-refractivity contribution < 1.29 is 22.2 Å². The van der Waals surface area contributed by atoms with Crippen molar-refractivity contribution in [3.8, 4) is 0 Å². The average molecular weight is 352 g/mol. The fraction of sp³-hybridized carbons (Fsp3) is 0.941. The fourth-order valence-electron chi connectivity index (χ4n) is 4.15. The highest BCUT2D eigenvalue weighted by Crippen LogP contribution is 2.29. The summed E-state index contributed by atoms with van der Waals surface area (Å²) in [6, 6.07) is 3.17. The highest BCUT2D eigenvalue weighted by atomic mass is 19.4. The number of hydrogen-bond donors (Lipinski definition) is 0. The van der Waals surface area contributed by atoms with Crippen LogP contribution in [0.3, 0.4) is 0 Å². The molecule has 0 aromatic rings. The van der Waals surface area contributed by atoms with E-state index in [2.05, 4.69) is 43.5 Å². The Hall–Kier alpha value is -0.745. The molecule has 2 saturated heterocycles. The van der Waals surface area contributed by atoms with Crippen LogP contribution in [0, 0.1) is 0 Å². The Morgan fingerprint density at radius 2 is 1.21 bits per heavy atom. The van der Waals surface area contributed by atoms with E-state index in [1.54, 1.807) is 0 Å². The number of nitrogens with zero attached hydrogens (tertiary/aromatic N) is 2. The van der Waals surface area contributed by atoms with Crippen LogP contribution in [-0.4, -0.2) is 47.5 Å². The largest absolute Gasteiger partial charge is 1.00 e. The van der Waals surface area contributed by atoms with E-state index in [4.69, 9.17) is 0 Å². The van der Waals surface area contributed by atoms with Gasteiger partial charge >= 0.3 is 7.54 Å². The zero-order valence-electron chi connectivity index (χ0n) is 15.5. The minimum absolute atomic E-state index is 0. The first-order chi connectivity index (χ1) is 11.0. The van der Waals surface area contributed by atoms with Crippen molar-refractivity contribution in [1.82, 2.24) is 4.90 Å². The van der Waals surface area contributed by atoms with Crippen LogP contribution in [0.2, 0.25) is 0 Å². The molecule has 2 heterocycles. The standard InChI is InChI=1S/C17H33N2.BF3.FH/c1-5-14-9-10-15(6-2)18(14)13-19-16(7-3)11-12-17(19)8-4;2-1(3)4;/h13-17H,5-12H2,1-4H3;;1H/q+1;;/p-1/t14-,15-,16-,17-;;/m0../s1. The zero-order chi connectivity index (χ0) is 17.4. The highest BCUT2D eigenvalue weighted by Gasteiger charge is 2.38. The van der Waals surface area contributed by atoms with Gasteiger partial charge in [-0.3, -0.25) is 22.4 Å². The van der Waals surface area contributed by atoms with E-state index in [-0.39, 0.29) is 4.70 Å².